The molecule has 3 atom stereocenters. The zero-order chi connectivity index (χ0) is 11.5. The molecule has 0 aromatic rings. The van der Waals surface area contributed by atoms with Crippen LogP contribution < -0.4 is 5.73 Å². The number of piperidine rings is 1. The third kappa shape index (κ3) is 2.40. The van der Waals surface area contributed by atoms with Gasteiger partial charge in [0.1, 0.15) is 0 Å². The van der Waals surface area contributed by atoms with Crippen molar-refractivity contribution in [1.82, 2.24) is 4.90 Å². The van der Waals surface area contributed by atoms with Crippen LogP contribution in [0, 0.1) is 17.8 Å². The van der Waals surface area contributed by atoms with E-state index in [-0.39, 0.29) is 5.92 Å². The standard InChI is InChI=1S/C13H24N2O/c1-10-4-3-7-15(9-10)13(16)12-6-2-5-11(12)8-14/h10-12H,2-9,14H2,1H3/t10?,11-,12-/m1/s1. The van der Waals surface area contributed by atoms with Gasteiger partial charge >= 0.3 is 0 Å². The highest BCUT2D eigenvalue weighted by atomic mass is 16.2. The van der Waals surface area contributed by atoms with E-state index in [1.165, 1.54) is 19.3 Å². The molecule has 0 bridgehead atoms. The molecule has 16 heavy (non-hydrogen) atoms. The summed E-state index contributed by atoms with van der Waals surface area (Å²) in [6, 6.07) is 0. The van der Waals surface area contributed by atoms with Crippen molar-refractivity contribution in [3.05, 3.63) is 0 Å². The second-order valence-electron chi connectivity index (χ2n) is 5.56. The molecule has 1 heterocycles. The Bertz CT molecular complexity index is 254. The Morgan fingerprint density at radius 2 is 2.12 bits per heavy atom. The molecule has 92 valence electrons. The van der Waals surface area contributed by atoms with Gasteiger partial charge < -0.3 is 10.6 Å². The summed E-state index contributed by atoms with van der Waals surface area (Å²) in [6.45, 7) is 4.86. The van der Waals surface area contributed by atoms with Gasteiger partial charge in [-0.15, -0.1) is 0 Å². The summed E-state index contributed by atoms with van der Waals surface area (Å²) < 4.78 is 0. The minimum atomic E-state index is 0.232. The van der Waals surface area contributed by atoms with Crippen LogP contribution in [0.5, 0.6) is 0 Å². The lowest BCUT2D eigenvalue weighted by atomic mass is 9.92. The first-order valence-electron chi connectivity index (χ1n) is 6.71. The molecule has 3 heteroatoms. The summed E-state index contributed by atoms with van der Waals surface area (Å²) in [4.78, 5) is 14.5. The van der Waals surface area contributed by atoms with Crippen LogP contribution in [0.2, 0.25) is 0 Å². The maximum absolute atomic E-state index is 12.4. The Morgan fingerprint density at radius 3 is 2.81 bits per heavy atom. The minimum absolute atomic E-state index is 0.232. The third-order valence-electron chi connectivity index (χ3n) is 4.25. The molecule has 1 unspecified atom stereocenters. The molecule has 0 radical (unpaired) electrons. The van der Waals surface area contributed by atoms with Gasteiger partial charge in [0, 0.05) is 19.0 Å². The normalized spacial score (nSPS) is 35.4. The van der Waals surface area contributed by atoms with Crippen molar-refractivity contribution in [3.63, 3.8) is 0 Å². The molecule has 1 amide bonds. The van der Waals surface area contributed by atoms with Crippen LogP contribution in [0.25, 0.3) is 0 Å². The van der Waals surface area contributed by atoms with Gasteiger partial charge in [0.05, 0.1) is 0 Å². The fourth-order valence-electron chi connectivity index (χ4n) is 3.27. The number of hydrogen-bond acceptors (Lipinski definition) is 2. The van der Waals surface area contributed by atoms with Crippen molar-refractivity contribution in [2.45, 2.75) is 39.0 Å². The summed E-state index contributed by atoms with van der Waals surface area (Å²) in [5, 5.41) is 0. The van der Waals surface area contributed by atoms with Crippen molar-refractivity contribution >= 4 is 5.91 Å². The SMILES string of the molecule is CC1CCCN(C(=O)[C@@H]2CCC[C@@H]2CN)C1. The van der Waals surface area contributed by atoms with Crippen molar-refractivity contribution in [1.29, 1.82) is 0 Å². The zero-order valence-electron chi connectivity index (χ0n) is 10.3. The van der Waals surface area contributed by atoms with Gasteiger partial charge in [0.2, 0.25) is 5.91 Å². The maximum atomic E-state index is 12.4. The first-order valence-corrected chi connectivity index (χ1v) is 6.71. The van der Waals surface area contributed by atoms with E-state index in [1.54, 1.807) is 0 Å². The van der Waals surface area contributed by atoms with Gasteiger partial charge in [-0.1, -0.05) is 13.3 Å². The van der Waals surface area contributed by atoms with Crippen LogP contribution in [-0.2, 0) is 4.79 Å². The van der Waals surface area contributed by atoms with Crippen LogP contribution >= 0.6 is 0 Å². The predicted molar refractivity (Wildman–Crippen MR) is 64.9 cm³/mol. The van der Waals surface area contributed by atoms with Gasteiger partial charge in [-0.25, -0.2) is 0 Å². The Morgan fingerprint density at radius 1 is 1.31 bits per heavy atom. The summed E-state index contributed by atoms with van der Waals surface area (Å²) in [6.07, 6.45) is 5.84. The first kappa shape index (κ1) is 11.9. The van der Waals surface area contributed by atoms with Gasteiger partial charge in [-0.3, -0.25) is 4.79 Å². The summed E-state index contributed by atoms with van der Waals surface area (Å²) in [5.74, 6) is 1.75. The molecule has 1 aliphatic carbocycles. The molecular weight excluding hydrogens is 200 g/mol. The number of likely N-dealkylation sites (tertiary alicyclic amines) is 1. The van der Waals surface area contributed by atoms with E-state index in [0.717, 1.165) is 25.9 Å². The predicted octanol–water partition coefficient (Wildman–Crippen LogP) is 1.62. The van der Waals surface area contributed by atoms with Crippen LogP contribution in [0.15, 0.2) is 0 Å². The third-order valence-corrected chi connectivity index (χ3v) is 4.25. The number of carbonyl (C=O) groups excluding carboxylic acids is 1. The molecule has 2 N–H and O–H groups in total. The average molecular weight is 224 g/mol. The van der Waals surface area contributed by atoms with Crippen LogP contribution in [0.1, 0.15) is 39.0 Å². The Hall–Kier alpha value is -0.570. The number of nitrogens with two attached hydrogens (primary N) is 1. The molecular formula is C13H24N2O. The van der Waals surface area contributed by atoms with Crippen LogP contribution in [-0.4, -0.2) is 30.4 Å². The highest BCUT2D eigenvalue weighted by molar-refractivity contribution is 5.79. The molecule has 2 aliphatic rings. The Labute approximate surface area is 98.4 Å². The monoisotopic (exact) mass is 224 g/mol. The number of hydrogen-bond donors (Lipinski definition) is 1. The van der Waals surface area contributed by atoms with E-state index >= 15 is 0 Å². The summed E-state index contributed by atoms with van der Waals surface area (Å²) >= 11 is 0. The maximum Gasteiger partial charge on any atom is 0.226 e. The van der Waals surface area contributed by atoms with Crippen molar-refractivity contribution in [2.75, 3.05) is 19.6 Å². The molecule has 2 fully saturated rings. The number of nitrogens with zero attached hydrogens (tertiary/aromatic N) is 1. The highest BCUT2D eigenvalue weighted by Gasteiger charge is 2.35. The largest absolute Gasteiger partial charge is 0.342 e. The second-order valence-corrected chi connectivity index (χ2v) is 5.56. The lowest BCUT2D eigenvalue weighted by Crippen LogP contribution is -2.44. The zero-order valence-corrected chi connectivity index (χ0v) is 10.3. The fraction of sp³-hybridized carbons (Fsp3) is 0.923. The highest BCUT2D eigenvalue weighted by Crippen LogP contribution is 2.33. The van der Waals surface area contributed by atoms with Gasteiger partial charge in [-0.2, -0.15) is 0 Å². The molecule has 1 saturated heterocycles. The van der Waals surface area contributed by atoms with Crippen molar-refractivity contribution in [3.8, 4) is 0 Å². The molecule has 3 nitrogen and oxygen atoms in total. The van der Waals surface area contributed by atoms with Gasteiger partial charge in [0.25, 0.3) is 0 Å². The Kier molecular flexibility index (Phi) is 3.85. The fourth-order valence-corrected chi connectivity index (χ4v) is 3.27. The van der Waals surface area contributed by atoms with Crippen molar-refractivity contribution < 1.29 is 4.79 Å². The van der Waals surface area contributed by atoms with E-state index in [0.29, 0.717) is 24.3 Å². The molecule has 2 rings (SSSR count). The molecule has 1 aliphatic heterocycles. The number of rotatable bonds is 2. The van der Waals surface area contributed by atoms with E-state index in [4.69, 9.17) is 5.73 Å². The molecule has 0 spiro atoms. The van der Waals surface area contributed by atoms with Crippen LogP contribution in [0.4, 0.5) is 0 Å². The molecule has 0 aromatic heterocycles. The van der Waals surface area contributed by atoms with Crippen molar-refractivity contribution in [2.24, 2.45) is 23.5 Å². The lowest BCUT2D eigenvalue weighted by molar-refractivity contribution is -0.138. The van der Waals surface area contributed by atoms with E-state index in [2.05, 4.69) is 11.8 Å². The van der Waals surface area contributed by atoms with E-state index in [1.807, 2.05) is 0 Å². The lowest BCUT2D eigenvalue weighted by Gasteiger charge is -2.34. The summed E-state index contributed by atoms with van der Waals surface area (Å²) in [5.41, 5.74) is 5.75. The number of carbonyl (C=O) groups is 1. The first-order chi connectivity index (χ1) is 7.72. The molecule has 1 saturated carbocycles. The van der Waals surface area contributed by atoms with Gasteiger partial charge in [0.15, 0.2) is 0 Å². The number of amides is 1. The quantitative estimate of drug-likeness (QED) is 0.774. The average Bonchev–Trinajstić information content (AvgIpc) is 2.76. The Balaban J connectivity index is 1.95. The smallest absolute Gasteiger partial charge is 0.226 e. The topological polar surface area (TPSA) is 46.3 Å². The second kappa shape index (κ2) is 5.17. The van der Waals surface area contributed by atoms with E-state index < -0.39 is 0 Å². The summed E-state index contributed by atoms with van der Waals surface area (Å²) in [7, 11) is 0. The van der Waals surface area contributed by atoms with Crippen LogP contribution in [0.3, 0.4) is 0 Å². The van der Waals surface area contributed by atoms with E-state index in [9.17, 15) is 4.79 Å². The van der Waals surface area contributed by atoms with Gasteiger partial charge in [-0.05, 0) is 44.1 Å². The molecule has 0 aromatic carbocycles. The minimum Gasteiger partial charge on any atom is -0.342 e.